The molecule has 1 aromatic rings. The van der Waals surface area contributed by atoms with Crippen LogP contribution in [0.5, 0.6) is 5.75 Å². The highest BCUT2D eigenvalue weighted by Crippen LogP contribution is 2.27. The molecule has 1 rings (SSSR count). The van der Waals surface area contributed by atoms with Gasteiger partial charge in [-0.3, -0.25) is 4.79 Å². The van der Waals surface area contributed by atoms with Gasteiger partial charge in [0.05, 0.1) is 19.6 Å². The van der Waals surface area contributed by atoms with E-state index in [9.17, 15) is 15.0 Å². The highest BCUT2D eigenvalue weighted by molar-refractivity contribution is 6.30. The number of benzene rings is 1. The van der Waals surface area contributed by atoms with Crippen molar-refractivity contribution < 1.29 is 19.7 Å². The average molecular weight is 260 g/mol. The number of primary amides is 1. The number of hydrogen-bond acceptors (Lipinski definition) is 4. The van der Waals surface area contributed by atoms with Gasteiger partial charge in [-0.15, -0.1) is 0 Å². The summed E-state index contributed by atoms with van der Waals surface area (Å²) in [5, 5.41) is 19.7. The predicted molar refractivity (Wildman–Crippen MR) is 62.8 cm³/mol. The summed E-state index contributed by atoms with van der Waals surface area (Å²) in [4.78, 5) is 10.6. The minimum atomic E-state index is -1.27. The van der Waals surface area contributed by atoms with Gasteiger partial charge in [0.15, 0.2) is 0 Å². The van der Waals surface area contributed by atoms with Crippen LogP contribution in [0.1, 0.15) is 18.1 Å². The van der Waals surface area contributed by atoms with E-state index in [4.69, 9.17) is 22.1 Å². The van der Waals surface area contributed by atoms with Crippen molar-refractivity contribution in [2.45, 2.75) is 18.6 Å². The van der Waals surface area contributed by atoms with Crippen molar-refractivity contribution >= 4 is 17.5 Å². The maximum Gasteiger partial charge on any atom is 0.220 e. The Morgan fingerprint density at radius 3 is 2.65 bits per heavy atom. The summed E-state index contributed by atoms with van der Waals surface area (Å²) in [6.45, 7) is 0. The molecule has 0 saturated heterocycles. The Balaban J connectivity index is 2.91. The van der Waals surface area contributed by atoms with Crippen LogP contribution in [0.4, 0.5) is 0 Å². The fraction of sp³-hybridized carbons (Fsp3) is 0.364. The summed E-state index contributed by atoms with van der Waals surface area (Å²) in [5.74, 6) is -0.233. The van der Waals surface area contributed by atoms with Gasteiger partial charge in [-0.2, -0.15) is 0 Å². The van der Waals surface area contributed by atoms with Crippen LogP contribution < -0.4 is 10.5 Å². The monoisotopic (exact) mass is 259 g/mol. The van der Waals surface area contributed by atoms with E-state index >= 15 is 0 Å². The van der Waals surface area contributed by atoms with Crippen LogP contribution in [-0.2, 0) is 4.79 Å². The zero-order valence-corrected chi connectivity index (χ0v) is 10.0. The van der Waals surface area contributed by atoms with Crippen molar-refractivity contribution in [2.24, 2.45) is 5.73 Å². The summed E-state index contributed by atoms with van der Waals surface area (Å²) >= 11 is 5.82. The van der Waals surface area contributed by atoms with Crippen molar-refractivity contribution in [1.29, 1.82) is 0 Å². The number of aliphatic hydroxyl groups excluding tert-OH is 2. The lowest BCUT2D eigenvalue weighted by Gasteiger charge is -2.17. The lowest BCUT2D eigenvalue weighted by molar-refractivity contribution is -0.121. The Hall–Kier alpha value is -1.30. The molecule has 6 heteroatoms. The lowest BCUT2D eigenvalue weighted by atomic mass is 10.0. The number of ether oxygens (including phenoxy) is 1. The van der Waals surface area contributed by atoms with Gasteiger partial charge in [0.1, 0.15) is 11.9 Å². The predicted octanol–water partition coefficient (Wildman–Crippen LogP) is 0.618. The first kappa shape index (κ1) is 13.8. The third-order valence-electron chi connectivity index (χ3n) is 2.25. The Kier molecular flexibility index (Phi) is 4.74. The Morgan fingerprint density at radius 2 is 2.12 bits per heavy atom. The molecule has 4 N–H and O–H groups in total. The largest absolute Gasteiger partial charge is 0.497 e. The molecule has 2 unspecified atom stereocenters. The Bertz CT molecular complexity index is 410. The summed E-state index contributed by atoms with van der Waals surface area (Å²) in [6.07, 6.45) is -2.83. The molecule has 5 nitrogen and oxygen atoms in total. The molecule has 1 amide bonds. The van der Waals surface area contributed by atoms with Crippen molar-refractivity contribution in [3.63, 3.8) is 0 Å². The fourth-order valence-electron chi connectivity index (χ4n) is 1.41. The van der Waals surface area contributed by atoms with Crippen molar-refractivity contribution in [3.05, 3.63) is 28.8 Å². The number of hydrogen-bond donors (Lipinski definition) is 3. The van der Waals surface area contributed by atoms with E-state index in [-0.39, 0.29) is 6.42 Å². The zero-order chi connectivity index (χ0) is 13.0. The van der Waals surface area contributed by atoms with Crippen LogP contribution in [0.15, 0.2) is 18.2 Å². The molecular formula is C11H14ClNO4. The standard InChI is InChI=1S/C11H14ClNO4/c1-17-8-3-6(2-7(12)4-8)11(16)9(14)5-10(13)15/h2-4,9,11,14,16H,5H2,1H3,(H2,13,15). The summed E-state index contributed by atoms with van der Waals surface area (Å²) in [5.41, 5.74) is 5.30. The SMILES string of the molecule is COc1cc(Cl)cc(C(O)C(O)CC(N)=O)c1. The second-order valence-electron chi connectivity index (χ2n) is 3.61. The normalized spacial score (nSPS) is 14.1. The van der Waals surface area contributed by atoms with Crippen LogP contribution in [-0.4, -0.2) is 29.3 Å². The first-order valence-corrected chi connectivity index (χ1v) is 5.30. The Morgan fingerprint density at radius 1 is 1.47 bits per heavy atom. The maximum absolute atomic E-state index is 10.6. The van der Waals surface area contributed by atoms with Gasteiger partial charge >= 0.3 is 0 Å². The summed E-state index contributed by atoms with van der Waals surface area (Å²) in [7, 11) is 1.46. The van der Waals surface area contributed by atoms with Crippen LogP contribution in [0, 0.1) is 0 Å². The number of carbonyl (C=O) groups is 1. The Labute approximate surface area is 104 Å². The van der Waals surface area contributed by atoms with Gasteiger partial charge in [0, 0.05) is 5.02 Å². The topological polar surface area (TPSA) is 92.8 Å². The zero-order valence-electron chi connectivity index (χ0n) is 9.26. The number of rotatable bonds is 5. The van der Waals surface area contributed by atoms with Gasteiger partial charge < -0.3 is 20.7 Å². The van der Waals surface area contributed by atoms with Crippen LogP contribution >= 0.6 is 11.6 Å². The second-order valence-corrected chi connectivity index (χ2v) is 4.04. The molecule has 0 heterocycles. The number of methoxy groups -OCH3 is 1. The first-order valence-electron chi connectivity index (χ1n) is 4.93. The number of halogens is 1. The number of carbonyl (C=O) groups excluding carboxylic acids is 1. The lowest BCUT2D eigenvalue weighted by Crippen LogP contribution is -2.25. The molecule has 94 valence electrons. The summed E-state index contributed by atoms with van der Waals surface area (Å²) in [6, 6.07) is 4.58. The third-order valence-corrected chi connectivity index (χ3v) is 2.46. The minimum Gasteiger partial charge on any atom is -0.497 e. The highest BCUT2D eigenvalue weighted by Gasteiger charge is 2.21. The molecule has 0 spiro atoms. The van der Waals surface area contributed by atoms with Gasteiger partial charge in [-0.1, -0.05) is 11.6 Å². The van der Waals surface area contributed by atoms with Crippen LogP contribution in [0.3, 0.4) is 0 Å². The molecule has 0 fully saturated rings. The van der Waals surface area contributed by atoms with E-state index in [1.54, 1.807) is 6.07 Å². The quantitative estimate of drug-likeness (QED) is 0.723. The number of amides is 1. The summed E-state index contributed by atoms with van der Waals surface area (Å²) < 4.78 is 4.98. The minimum absolute atomic E-state index is 0.323. The van der Waals surface area contributed by atoms with Gasteiger partial charge in [0.2, 0.25) is 5.91 Å². The fourth-order valence-corrected chi connectivity index (χ4v) is 1.65. The number of nitrogens with two attached hydrogens (primary N) is 1. The van der Waals surface area contributed by atoms with E-state index in [1.165, 1.54) is 19.2 Å². The second kappa shape index (κ2) is 5.86. The van der Waals surface area contributed by atoms with E-state index in [0.29, 0.717) is 16.3 Å². The van der Waals surface area contributed by atoms with E-state index < -0.39 is 18.1 Å². The average Bonchev–Trinajstić information content (AvgIpc) is 2.26. The molecule has 0 radical (unpaired) electrons. The molecule has 1 aromatic carbocycles. The van der Waals surface area contributed by atoms with Crippen molar-refractivity contribution in [1.82, 2.24) is 0 Å². The van der Waals surface area contributed by atoms with Crippen LogP contribution in [0.25, 0.3) is 0 Å². The molecule has 17 heavy (non-hydrogen) atoms. The van der Waals surface area contributed by atoms with Crippen molar-refractivity contribution in [3.8, 4) is 5.75 Å². The van der Waals surface area contributed by atoms with Crippen molar-refractivity contribution in [2.75, 3.05) is 7.11 Å². The smallest absolute Gasteiger partial charge is 0.220 e. The maximum atomic E-state index is 10.6. The molecule has 0 aliphatic carbocycles. The molecule has 0 aliphatic rings. The van der Waals surface area contributed by atoms with Crippen LogP contribution in [0.2, 0.25) is 5.02 Å². The highest BCUT2D eigenvalue weighted by atomic mass is 35.5. The third kappa shape index (κ3) is 3.89. The van der Waals surface area contributed by atoms with Gasteiger partial charge in [-0.25, -0.2) is 0 Å². The molecule has 0 aromatic heterocycles. The number of aliphatic hydroxyl groups is 2. The molecular weight excluding hydrogens is 246 g/mol. The van der Waals surface area contributed by atoms with E-state index in [0.717, 1.165) is 0 Å². The molecule has 0 aliphatic heterocycles. The molecule has 0 saturated carbocycles. The van der Waals surface area contributed by atoms with E-state index in [1.807, 2.05) is 0 Å². The van der Waals surface area contributed by atoms with E-state index in [2.05, 4.69) is 0 Å². The molecule has 0 bridgehead atoms. The van der Waals surface area contributed by atoms with Gasteiger partial charge in [-0.05, 0) is 23.8 Å². The van der Waals surface area contributed by atoms with Gasteiger partial charge in [0.25, 0.3) is 0 Å². The molecule has 2 atom stereocenters. The first-order chi connectivity index (χ1) is 7.93.